The van der Waals surface area contributed by atoms with Crippen molar-refractivity contribution in [3.63, 3.8) is 0 Å². The fourth-order valence-electron chi connectivity index (χ4n) is 1.72. The molecule has 0 aromatic heterocycles. The number of imide groups is 1. The van der Waals surface area contributed by atoms with E-state index < -0.39 is 11.8 Å². The highest BCUT2D eigenvalue weighted by Crippen LogP contribution is 2.23. The van der Waals surface area contributed by atoms with Crippen molar-refractivity contribution in [2.45, 2.75) is 45.4 Å². The Morgan fingerprint density at radius 1 is 1.36 bits per heavy atom. The molecule has 1 rings (SSSR count). The fourth-order valence-corrected chi connectivity index (χ4v) is 1.72. The van der Waals surface area contributed by atoms with Gasteiger partial charge in [-0.3, -0.25) is 14.8 Å². The lowest BCUT2D eigenvalue weighted by molar-refractivity contribution is -0.172. The lowest BCUT2D eigenvalue weighted by Crippen LogP contribution is -2.26. The highest BCUT2D eigenvalue weighted by atomic mass is 16.5. The van der Waals surface area contributed by atoms with Gasteiger partial charge in [0.05, 0.1) is 0 Å². The molecule has 1 fully saturated rings. The van der Waals surface area contributed by atoms with E-state index in [0.29, 0.717) is 0 Å². The highest BCUT2D eigenvalue weighted by molar-refractivity contribution is 6.02. The molecule has 1 saturated heterocycles. The molecule has 0 aliphatic carbocycles. The molecule has 1 N–H and O–H groups in total. The molecule has 4 nitrogen and oxygen atoms in total. The number of unbranched alkanes of at least 4 members (excludes halogenated alkanes) is 3. The summed E-state index contributed by atoms with van der Waals surface area (Å²) in [6.45, 7) is 2.12. The predicted molar refractivity (Wildman–Crippen MR) is 50.5 cm³/mol. The van der Waals surface area contributed by atoms with Gasteiger partial charge in [-0.25, -0.2) is 0 Å². The van der Waals surface area contributed by atoms with Gasteiger partial charge in [0.1, 0.15) is 0 Å². The normalized spacial score (nSPS) is 22.1. The summed E-state index contributed by atoms with van der Waals surface area (Å²) in [5.74, 6) is -1.16. The van der Waals surface area contributed by atoms with Crippen LogP contribution in [0.15, 0.2) is 0 Å². The van der Waals surface area contributed by atoms with E-state index in [1.54, 1.807) is 0 Å². The smallest absolute Gasteiger partial charge is 0.256 e. The summed E-state index contributed by atoms with van der Waals surface area (Å²) in [5, 5.41) is 9.24. The van der Waals surface area contributed by atoms with Crippen LogP contribution in [0.5, 0.6) is 0 Å². The van der Waals surface area contributed by atoms with Crippen molar-refractivity contribution in [2.24, 2.45) is 5.92 Å². The molecule has 80 valence electrons. The summed E-state index contributed by atoms with van der Waals surface area (Å²) in [5.41, 5.74) is 0. The van der Waals surface area contributed by atoms with E-state index in [0.717, 1.165) is 32.1 Å². The van der Waals surface area contributed by atoms with Crippen molar-refractivity contribution in [1.29, 1.82) is 0 Å². The molecule has 0 aromatic carbocycles. The number of nitrogens with zero attached hydrogens (tertiary/aromatic N) is 1. The first-order valence-corrected chi connectivity index (χ1v) is 5.22. The molecule has 0 saturated carbocycles. The molecule has 1 unspecified atom stereocenters. The second kappa shape index (κ2) is 5.10. The van der Waals surface area contributed by atoms with E-state index in [9.17, 15) is 9.59 Å². The Bertz CT molecular complexity index is 227. The van der Waals surface area contributed by atoms with Crippen molar-refractivity contribution in [3.05, 3.63) is 0 Å². The van der Waals surface area contributed by atoms with Crippen LogP contribution in [0.2, 0.25) is 0 Å². The third-order valence-electron chi connectivity index (χ3n) is 2.62. The topological polar surface area (TPSA) is 57.6 Å². The Kier molecular flexibility index (Phi) is 4.07. The first-order valence-electron chi connectivity index (χ1n) is 5.22. The second-order valence-electron chi connectivity index (χ2n) is 3.79. The minimum Gasteiger partial charge on any atom is -0.279 e. The molecule has 0 aromatic rings. The minimum atomic E-state index is -0.463. The van der Waals surface area contributed by atoms with E-state index in [-0.39, 0.29) is 17.4 Å². The Balaban J connectivity index is 2.26. The van der Waals surface area contributed by atoms with E-state index in [4.69, 9.17) is 5.21 Å². The van der Waals surface area contributed by atoms with Crippen LogP contribution in [0.1, 0.15) is 45.4 Å². The van der Waals surface area contributed by atoms with Crippen LogP contribution < -0.4 is 0 Å². The molecule has 1 aliphatic heterocycles. The fraction of sp³-hybridized carbons (Fsp3) is 0.800. The monoisotopic (exact) mass is 199 g/mol. The molecule has 4 heteroatoms. The average molecular weight is 199 g/mol. The van der Waals surface area contributed by atoms with Crippen molar-refractivity contribution in [1.82, 2.24) is 5.06 Å². The van der Waals surface area contributed by atoms with E-state index in [1.165, 1.54) is 0 Å². The maximum absolute atomic E-state index is 11.2. The third kappa shape index (κ3) is 2.54. The van der Waals surface area contributed by atoms with Crippen LogP contribution in [-0.2, 0) is 9.59 Å². The SMILES string of the molecule is CCCCCCC1CC(=O)N(O)C1=O. The zero-order chi connectivity index (χ0) is 10.6. The van der Waals surface area contributed by atoms with Gasteiger partial charge in [0.25, 0.3) is 11.8 Å². The lowest BCUT2D eigenvalue weighted by Gasteiger charge is -2.06. The molecular weight excluding hydrogens is 182 g/mol. The standard InChI is InChI=1S/C10H17NO3/c1-2-3-4-5-6-8-7-9(12)11(14)10(8)13/h8,14H,2-7H2,1H3. The molecule has 1 heterocycles. The zero-order valence-corrected chi connectivity index (χ0v) is 8.53. The summed E-state index contributed by atoms with van der Waals surface area (Å²) in [6, 6.07) is 0. The Labute approximate surface area is 83.8 Å². The van der Waals surface area contributed by atoms with Gasteiger partial charge in [0, 0.05) is 12.3 Å². The summed E-state index contributed by atoms with van der Waals surface area (Å²) in [4.78, 5) is 22.2. The summed E-state index contributed by atoms with van der Waals surface area (Å²) in [7, 11) is 0. The number of hydrogen-bond donors (Lipinski definition) is 1. The van der Waals surface area contributed by atoms with Crippen LogP contribution in [-0.4, -0.2) is 22.1 Å². The molecule has 0 spiro atoms. The summed E-state index contributed by atoms with van der Waals surface area (Å²) >= 11 is 0. The van der Waals surface area contributed by atoms with Crippen LogP contribution >= 0.6 is 0 Å². The van der Waals surface area contributed by atoms with Gasteiger partial charge in [-0.2, -0.15) is 5.06 Å². The van der Waals surface area contributed by atoms with Crippen LogP contribution in [0.25, 0.3) is 0 Å². The number of carbonyl (C=O) groups is 2. The quantitative estimate of drug-likeness (QED) is 0.416. The van der Waals surface area contributed by atoms with Crippen molar-refractivity contribution < 1.29 is 14.8 Å². The van der Waals surface area contributed by atoms with Crippen molar-refractivity contribution in [2.75, 3.05) is 0 Å². The van der Waals surface area contributed by atoms with Crippen LogP contribution in [0.3, 0.4) is 0 Å². The van der Waals surface area contributed by atoms with Crippen molar-refractivity contribution in [3.8, 4) is 0 Å². The predicted octanol–water partition coefficient (Wildman–Crippen LogP) is 1.72. The van der Waals surface area contributed by atoms with Gasteiger partial charge in [0.2, 0.25) is 0 Å². The zero-order valence-electron chi connectivity index (χ0n) is 8.53. The summed E-state index contributed by atoms with van der Waals surface area (Å²) in [6.07, 6.45) is 5.29. The maximum Gasteiger partial charge on any atom is 0.256 e. The number of hydroxylamine groups is 2. The van der Waals surface area contributed by atoms with Gasteiger partial charge in [-0.05, 0) is 6.42 Å². The third-order valence-corrected chi connectivity index (χ3v) is 2.62. The first kappa shape index (κ1) is 11.2. The van der Waals surface area contributed by atoms with Gasteiger partial charge in [-0.15, -0.1) is 0 Å². The van der Waals surface area contributed by atoms with Gasteiger partial charge >= 0.3 is 0 Å². The minimum absolute atomic E-state index is 0.182. The van der Waals surface area contributed by atoms with E-state index in [1.807, 2.05) is 0 Å². The molecule has 2 amide bonds. The van der Waals surface area contributed by atoms with Gasteiger partial charge in [-0.1, -0.05) is 32.6 Å². The highest BCUT2D eigenvalue weighted by Gasteiger charge is 2.37. The lowest BCUT2D eigenvalue weighted by atomic mass is 9.99. The molecular formula is C10H17NO3. The number of amides is 2. The van der Waals surface area contributed by atoms with Gasteiger partial charge < -0.3 is 0 Å². The molecule has 1 aliphatic rings. The first-order chi connectivity index (χ1) is 6.66. The van der Waals surface area contributed by atoms with Crippen LogP contribution in [0.4, 0.5) is 0 Å². The molecule has 14 heavy (non-hydrogen) atoms. The average Bonchev–Trinajstić information content (AvgIpc) is 2.41. The Morgan fingerprint density at radius 3 is 2.57 bits per heavy atom. The Hall–Kier alpha value is -0.900. The number of rotatable bonds is 5. The number of hydrogen-bond acceptors (Lipinski definition) is 3. The van der Waals surface area contributed by atoms with Gasteiger partial charge in [0.15, 0.2) is 0 Å². The second-order valence-corrected chi connectivity index (χ2v) is 3.79. The summed E-state index contributed by atoms with van der Waals surface area (Å²) < 4.78 is 0. The molecule has 0 bridgehead atoms. The number of carbonyl (C=O) groups excluding carboxylic acids is 2. The van der Waals surface area contributed by atoms with E-state index >= 15 is 0 Å². The Morgan fingerprint density at radius 2 is 2.07 bits per heavy atom. The molecule has 1 atom stereocenters. The largest absolute Gasteiger partial charge is 0.279 e. The van der Waals surface area contributed by atoms with Crippen LogP contribution in [0, 0.1) is 5.92 Å². The van der Waals surface area contributed by atoms with Crippen molar-refractivity contribution >= 4 is 11.8 Å². The molecule has 0 radical (unpaired) electrons. The van der Waals surface area contributed by atoms with E-state index in [2.05, 4.69) is 6.92 Å². The maximum atomic E-state index is 11.2.